The standard InChI is InChI=1S/C20H22FN3O4S/c21-17-8-6-15(7-9-17)14-18(25)22-23-20(26)19(16-4-2-1-3-5-16)24-10-12-29(27,28)13-11-24/h1-9,19H,10-14H2,(H,22,25)(H,23,26). The van der Waals surface area contributed by atoms with Gasteiger partial charge in [-0.2, -0.15) is 0 Å². The number of rotatable bonds is 5. The number of sulfone groups is 1. The molecule has 2 aromatic rings. The molecule has 1 fully saturated rings. The van der Waals surface area contributed by atoms with Gasteiger partial charge < -0.3 is 0 Å². The van der Waals surface area contributed by atoms with Gasteiger partial charge in [0, 0.05) is 13.1 Å². The summed E-state index contributed by atoms with van der Waals surface area (Å²) in [7, 11) is -3.09. The van der Waals surface area contributed by atoms with Crippen molar-refractivity contribution in [2.24, 2.45) is 0 Å². The van der Waals surface area contributed by atoms with Crippen LogP contribution in [0.3, 0.4) is 0 Å². The number of benzene rings is 2. The second-order valence-electron chi connectivity index (χ2n) is 6.84. The maximum Gasteiger partial charge on any atom is 0.260 e. The molecule has 0 spiro atoms. The maximum atomic E-state index is 13.0. The molecule has 2 aromatic carbocycles. The lowest BCUT2D eigenvalue weighted by molar-refractivity contribution is -0.132. The van der Waals surface area contributed by atoms with Crippen LogP contribution >= 0.6 is 0 Å². The summed E-state index contributed by atoms with van der Waals surface area (Å²) in [6, 6.07) is 13.8. The van der Waals surface area contributed by atoms with Crippen molar-refractivity contribution in [3.63, 3.8) is 0 Å². The van der Waals surface area contributed by atoms with Gasteiger partial charge in [0.15, 0.2) is 9.84 Å². The Morgan fingerprint density at radius 3 is 2.21 bits per heavy atom. The Morgan fingerprint density at radius 1 is 0.966 bits per heavy atom. The van der Waals surface area contributed by atoms with Crippen molar-refractivity contribution in [3.05, 3.63) is 71.5 Å². The van der Waals surface area contributed by atoms with E-state index in [0.29, 0.717) is 11.1 Å². The summed E-state index contributed by atoms with van der Waals surface area (Å²) < 4.78 is 36.4. The highest BCUT2D eigenvalue weighted by Crippen LogP contribution is 2.23. The topological polar surface area (TPSA) is 95.6 Å². The lowest BCUT2D eigenvalue weighted by atomic mass is 10.0. The molecule has 3 rings (SSSR count). The molecule has 1 heterocycles. The van der Waals surface area contributed by atoms with Gasteiger partial charge in [-0.1, -0.05) is 42.5 Å². The molecule has 1 atom stereocenters. The van der Waals surface area contributed by atoms with Crippen molar-refractivity contribution in [1.29, 1.82) is 0 Å². The number of carbonyl (C=O) groups excluding carboxylic acids is 2. The molecule has 1 aliphatic heterocycles. The molecular formula is C20H22FN3O4S. The fraction of sp³-hybridized carbons (Fsp3) is 0.300. The predicted octanol–water partition coefficient (Wildman–Crippen LogP) is 0.987. The van der Waals surface area contributed by atoms with Crippen molar-refractivity contribution in [2.45, 2.75) is 12.5 Å². The third kappa shape index (κ3) is 5.85. The first-order valence-corrected chi connectivity index (χ1v) is 11.0. The van der Waals surface area contributed by atoms with Crippen LogP contribution in [-0.4, -0.2) is 49.7 Å². The molecule has 9 heteroatoms. The third-order valence-electron chi connectivity index (χ3n) is 4.71. The van der Waals surface area contributed by atoms with Gasteiger partial charge in [-0.15, -0.1) is 0 Å². The average molecular weight is 419 g/mol. The van der Waals surface area contributed by atoms with Crippen LogP contribution in [0.1, 0.15) is 17.2 Å². The van der Waals surface area contributed by atoms with Crippen LogP contribution in [0.4, 0.5) is 4.39 Å². The highest BCUT2D eigenvalue weighted by atomic mass is 32.2. The summed E-state index contributed by atoms with van der Waals surface area (Å²) in [5.41, 5.74) is 6.12. The van der Waals surface area contributed by atoms with E-state index in [-0.39, 0.29) is 31.0 Å². The number of hydrogen-bond acceptors (Lipinski definition) is 5. The maximum absolute atomic E-state index is 13.0. The Labute approximate surface area is 168 Å². The van der Waals surface area contributed by atoms with Gasteiger partial charge in [-0.25, -0.2) is 12.8 Å². The van der Waals surface area contributed by atoms with E-state index in [1.807, 2.05) is 6.07 Å². The van der Waals surface area contributed by atoms with Crippen molar-refractivity contribution in [1.82, 2.24) is 15.8 Å². The molecule has 0 saturated carbocycles. The summed E-state index contributed by atoms with van der Waals surface area (Å²) in [4.78, 5) is 26.7. The van der Waals surface area contributed by atoms with Gasteiger partial charge in [0.25, 0.3) is 5.91 Å². The van der Waals surface area contributed by atoms with E-state index < -0.39 is 33.5 Å². The van der Waals surface area contributed by atoms with Crippen LogP contribution in [0.15, 0.2) is 54.6 Å². The van der Waals surface area contributed by atoms with E-state index in [1.54, 1.807) is 29.2 Å². The van der Waals surface area contributed by atoms with Crippen molar-refractivity contribution in [3.8, 4) is 0 Å². The van der Waals surface area contributed by atoms with Crippen LogP contribution in [0.25, 0.3) is 0 Å². The first kappa shape index (κ1) is 20.9. The molecule has 2 N–H and O–H groups in total. The molecule has 1 saturated heterocycles. The van der Waals surface area contributed by atoms with E-state index in [4.69, 9.17) is 0 Å². The summed E-state index contributed by atoms with van der Waals surface area (Å²) in [5.74, 6) is -1.32. The van der Waals surface area contributed by atoms with Gasteiger partial charge in [0.2, 0.25) is 5.91 Å². The Kier molecular flexibility index (Phi) is 6.60. The molecular weight excluding hydrogens is 397 g/mol. The SMILES string of the molecule is O=C(Cc1ccc(F)cc1)NNC(=O)C(c1ccccc1)N1CCS(=O)(=O)CC1. The number of carbonyl (C=O) groups is 2. The lowest BCUT2D eigenvalue weighted by Crippen LogP contribution is -2.51. The van der Waals surface area contributed by atoms with Crippen molar-refractivity contribution < 1.29 is 22.4 Å². The van der Waals surface area contributed by atoms with Crippen LogP contribution in [-0.2, 0) is 25.8 Å². The Balaban J connectivity index is 1.65. The highest BCUT2D eigenvalue weighted by Gasteiger charge is 2.32. The smallest absolute Gasteiger partial charge is 0.260 e. The first-order chi connectivity index (χ1) is 13.8. The molecule has 1 unspecified atom stereocenters. The van der Waals surface area contributed by atoms with Gasteiger partial charge in [0.1, 0.15) is 11.9 Å². The predicted molar refractivity (Wildman–Crippen MR) is 106 cm³/mol. The molecule has 2 amide bonds. The van der Waals surface area contributed by atoms with Gasteiger partial charge in [-0.3, -0.25) is 25.3 Å². The molecule has 29 heavy (non-hydrogen) atoms. The third-order valence-corrected chi connectivity index (χ3v) is 6.32. The van der Waals surface area contributed by atoms with Gasteiger partial charge in [0.05, 0.1) is 17.9 Å². The van der Waals surface area contributed by atoms with Gasteiger partial charge >= 0.3 is 0 Å². The molecule has 1 aliphatic rings. The minimum atomic E-state index is -3.09. The molecule has 0 radical (unpaired) electrons. The first-order valence-electron chi connectivity index (χ1n) is 9.17. The molecule has 0 aromatic heterocycles. The Morgan fingerprint density at radius 2 is 1.59 bits per heavy atom. The van der Waals surface area contributed by atoms with Crippen molar-refractivity contribution >= 4 is 21.7 Å². The van der Waals surface area contributed by atoms with Crippen molar-refractivity contribution in [2.75, 3.05) is 24.6 Å². The minimum absolute atomic E-state index is 0.0134. The molecule has 0 bridgehead atoms. The van der Waals surface area contributed by atoms with E-state index in [1.165, 1.54) is 24.3 Å². The minimum Gasteiger partial charge on any atom is -0.286 e. The van der Waals surface area contributed by atoms with E-state index in [2.05, 4.69) is 10.9 Å². The number of nitrogens with one attached hydrogen (secondary N) is 2. The van der Waals surface area contributed by atoms with Crippen LogP contribution in [0, 0.1) is 5.82 Å². The Hall–Kier alpha value is -2.78. The number of nitrogens with zero attached hydrogens (tertiary/aromatic N) is 1. The number of hydrogen-bond donors (Lipinski definition) is 2. The summed E-state index contributed by atoms with van der Waals surface area (Å²) in [5, 5.41) is 0. The van der Waals surface area contributed by atoms with Crippen LogP contribution in [0.5, 0.6) is 0 Å². The zero-order valence-electron chi connectivity index (χ0n) is 15.7. The fourth-order valence-corrected chi connectivity index (χ4v) is 4.41. The largest absolute Gasteiger partial charge is 0.286 e. The normalized spacial score (nSPS) is 17.3. The average Bonchev–Trinajstić information content (AvgIpc) is 2.70. The second-order valence-corrected chi connectivity index (χ2v) is 9.15. The highest BCUT2D eigenvalue weighted by molar-refractivity contribution is 7.91. The Bertz CT molecular complexity index is 951. The number of hydrazine groups is 1. The lowest BCUT2D eigenvalue weighted by Gasteiger charge is -2.33. The summed E-state index contributed by atoms with van der Waals surface area (Å²) in [6.07, 6.45) is -0.0154. The van der Waals surface area contributed by atoms with Crippen LogP contribution in [0.2, 0.25) is 0 Å². The monoisotopic (exact) mass is 419 g/mol. The molecule has 0 aliphatic carbocycles. The van der Waals surface area contributed by atoms with E-state index in [9.17, 15) is 22.4 Å². The molecule has 7 nitrogen and oxygen atoms in total. The van der Waals surface area contributed by atoms with E-state index in [0.717, 1.165) is 0 Å². The zero-order valence-corrected chi connectivity index (χ0v) is 16.5. The van der Waals surface area contributed by atoms with Gasteiger partial charge in [-0.05, 0) is 23.3 Å². The summed E-state index contributed by atoms with van der Waals surface area (Å²) >= 11 is 0. The number of halogens is 1. The zero-order chi connectivity index (χ0) is 20.9. The summed E-state index contributed by atoms with van der Waals surface area (Å²) in [6.45, 7) is 0.470. The fourth-order valence-electron chi connectivity index (χ4n) is 3.18. The number of amides is 2. The van der Waals surface area contributed by atoms with E-state index >= 15 is 0 Å². The second kappa shape index (κ2) is 9.15. The van der Waals surface area contributed by atoms with Crippen LogP contribution < -0.4 is 10.9 Å². The quantitative estimate of drug-likeness (QED) is 0.705. The molecule has 154 valence electrons.